The summed E-state index contributed by atoms with van der Waals surface area (Å²) >= 11 is 1.60. The molecule has 5 heteroatoms. The molecule has 0 bridgehead atoms. The number of fused-ring (bicyclic) bond motifs is 1. The average Bonchev–Trinajstić information content (AvgIpc) is 3.01. The molecule has 0 radical (unpaired) electrons. The molecule has 2 atom stereocenters. The molecular weight excluding hydrogens is 328 g/mol. The zero-order chi connectivity index (χ0) is 17.1. The van der Waals surface area contributed by atoms with Gasteiger partial charge in [-0.15, -0.1) is 11.3 Å². The topological polar surface area (TPSA) is 12.5 Å². The van der Waals surface area contributed by atoms with Crippen LogP contribution in [-0.4, -0.2) is 31.7 Å². The van der Waals surface area contributed by atoms with E-state index in [9.17, 15) is 8.78 Å². The number of thiophene rings is 1. The molecule has 0 unspecified atom stereocenters. The van der Waals surface area contributed by atoms with Gasteiger partial charge in [-0.3, -0.25) is 0 Å². The highest BCUT2D eigenvalue weighted by Gasteiger charge is 2.26. The Bertz CT molecular complexity index is 818. The van der Waals surface area contributed by atoms with E-state index in [1.807, 2.05) is 29.6 Å². The van der Waals surface area contributed by atoms with Crippen molar-refractivity contribution in [1.29, 1.82) is 0 Å². The Labute approximate surface area is 144 Å². The van der Waals surface area contributed by atoms with Crippen molar-refractivity contribution >= 4 is 21.4 Å². The fourth-order valence-electron chi connectivity index (χ4n) is 2.68. The lowest BCUT2D eigenvalue weighted by atomic mass is 10.0. The van der Waals surface area contributed by atoms with Gasteiger partial charge < -0.3 is 9.64 Å². The van der Waals surface area contributed by atoms with E-state index in [4.69, 9.17) is 4.74 Å². The summed E-state index contributed by atoms with van der Waals surface area (Å²) < 4.78 is 35.6. The Morgan fingerprint density at radius 2 is 1.92 bits per heavy atom. The van der Waals surface area contributed by atoms with Crippen molar-refractivity contribution in [2.24, 2.45) is 0 Å². The van der Waals surface area contributed by atoms with Crippen LogP contribution in [-0.2, 0) is 0 Å². The summed E-state index contributed by atoms with van der Waals surface area (Å²) in [6.07, 6.45) is -2.15. The molecule has 0 saturated carbocycles. The third kappa shape index (κ3) is 3.74. The van der Waals surface area contributed by atoms with E-state index in [1.54, 1.807) is 42.5 Å². The third-order valence-corrected chi connectivity index (χ3v) is 4.64. The second-order valence-corrected chi connectivity index (χ2v) is 6.91. The Morgan fingerprint density at radius 1 is 1.12 bits per heavy atom. The normalized spacial score (nSPS) is 14.0. The zero-order valence-corrected chi connectivity index (χ0v) is 14.4. The fourth-order valence-corrected chi connectivity index (χ4v) is 3.49. The summed E-state index contributed by atoms with van der Waals surface area (Å²) in [6.45, 7) is 0.195. The highest BCUT2D eigenvalue weighted by Crippen LogP contribution is 2.34. The molecular formula is C19H19F2NOS. The van der Waals surface area contributed by atoms with E-state index >= 15 is 0 Å². The summed E-state index contributed by atoms with van der Waals surface area (Å²) in [4.78, 5) is 1.76. The van der Waals surface area contributed by atoms with Gasteiger partial charge >= 0.3 is 0 Å². The molecule has 2 nitrogen and oxygen atoms in total. The van der Waals surface area contributed by atoms with Crippen LogP contribution in [0.3, 0.4) is 0 Å². The van der Waals surface area contributed by atoms with E-state index < -0.39 is 18.1 Å². The molecule has 24 heavy (non-hydrogen) atoms. The minimum absolute atomic E-state index is 0.195. The number of hydrogen-bond donors (Lipinski definition) is 0. The van der Waals surface area contributed by atoms with Crippen LogP contribution in [0, 0.1) is 5.82 Å². The van der Waals surface area contributed by atoms with Crippen LogP contribution in [0.15, 0.2) is 53.9 Å². The first-order valence-corrected chi connectivity index (χ1v) is 8.59. The first kappa shape index (κ1) is 16.9. The molecule has 0 N–H and O–H groups in total. The second-order valence-electron chi connectivity index (χ2n) is 5.96. The van der Waals surface area contributed by atoms with Gasteiger partial charge in [-0.25, -0.2) is 8.78 Å². The number of nitrogens with zero attached hydrogens (tertiary/aromatic N) is 1. The van der Waals surface area contributed by atoms with Gasteiger partial charge in [-0.1, -0.05) is 18.2 Å². The third-order valence-electron chi connectivity index (χ3n) is 3.76. The van der Waals surface area contributed by atoms with Crippen LogP contribution < -0.4 is 4.74 Å². The maximum Gasteiger partial charge on any atom is 0.156 e. The number of rotatable bonds is 6. The van der Waals surface area contributed by atoms with Gasteiger partial charge in [0.25, 0.3) is 0 Å². The van der Waals surface area contributed by atoms with Gasteiger partial charge in [-0.2, -0.15) is 0 Å². The van der Waals surface area contributed by atoms with E-state index in [-0.39, 0.29) is 6.54 Å². The molecule has 0 aliphatic carbocycles. The van der Waals surface area contributed by atoms with Crippen molar-refractivity contribution in [1.82, 2.24) is 4.90 Å². The van der Waals surface area contributed by atoms with Crippen LogP contribution in [0.1, 0.15) is 11.7 Å². The highest BCUT2D eigenvalue weighted by molar-refractivity contribution is 7.17. The van der Waals surface area contributed by atoms with Crippen molar-refractivity contribution in [3.8, 4) is 5.75 Å². The Morgan fingerprint density at radius 3 is 2.67 bits per heavy atom. The van der Waals surface area contributed by atoms with Gasteiger partial charge in [0.1, 0.15) is 11.6 Å². The van der Waals surface area contributed by atoms with Gasteiger partial charge in [-0.05, 0) is 55.4 Å². The maximum atomic E-state index is 14.9. The fraction of sp³-hybridized carbons (Fsp3) is 0.263. The SMILES string of the molecule is CN(C)C[C@H](F)[C@@H](Oc1cccc2sccc12)c1cccc(F)c1. The van der Waals surface area contributed by atoms with Gasteiger partial charge in [0.15, 0.2) is 12.3 Å². The predicted molar refractivity (Wildman–Crippen MR) is 95.0 cm³/mol. The standard InChI is InChI=1S/C19H19F2NOS/c1-22(2)12-16(21)19(13-5-3-6-14(20)11-13)23-17-7-4-8-18-15(17)9-10-24-18/h3-11,16,19H,12H2,1-2H3/t16-,19-/m0/s1. The van der Waals surface area contributed by atoms with Crippen molar-refractivity contribution in [3.63, 3.8) is 0 Å². The summed E-state index contributed by atoms with van der Waals surface area (Å²) in [5.41, 5.74) is 0.497. The molecule has 0 aliphatic heterocycles. The smallest absolute Gasteiger partial charge is 0.156 e. The van der Waals surface area contributed by atoms with Crippen molar-refractivity contribution < 1.29 is 13.5 Å². The molecule has 3 rings (SSSR count). The van der Waals surface area contributed by atoms with Crippen LogP contribution >= 0.6 is 11.3 Å². The Balaban J connectivity index is 1.96. The van der Waals surface area contributed by atoms with Gasteiger partial charge in [0, 0.05) is 16.6 Å². The number of alkyl halides is 1. The van der Waals surface area contributed by atoms with E-state index in [0.29, 0.717) is 11.3 Å². The van der Waals surface area contributed by atoms with Crippen molar-refractivity contribution in [2.75, 3.05) is 20.6 Å². The summed E-state index contributed by atoms with van der Waals surface area (Å²) in [7, 11) is 3.60. The molecule has 0 fully saturated rings. The van der Waals surface area contributed by atoms with Gasteiger partial charge in [0.2, 0.25) is 0 Å². The lowest BCUT2D eigenvalue weighted by Crippen LogP contribution is -2.30. The van der Waals surface area contributed by atoms with Crippen LogP contribution in [0.2, 0.25) is 0 Å². The molecule has 1 aromatic heterocycles. The number of benzene rings is 2. The molecule has 126 valence electrons. The minimum atomic E-state index is -1.28. The molecule has 1 heterocycles. The van der Waals surface area contributed by atoms with E-state index in [0.717, 1.165) is 10.1 Å². The van der Waals surface area contributed by atoms with E-state index in [1.165, 1.54) is 12.1 Å². The average molecular weight is 347 g/mol. The van der Waals surface area contributed by atoms with Gasteiger partial charge in [0.05, 0.1) is 0 Å². The molecule has 2 aromatic carbocycles. The lowest BCUT2D eigenvalue weighted by Gasteiger charge is -2.25. The quantitative estimate of drug-likeness (QED) is 0.618. The Hall–Kier alpha value is -1.98. The van der Waals surface area contributed by atoms with Crippen LogP contribution in [0.4, 0.5) is 8.78 Å². The summed E-state index contributed by atoms with van der Waals surface area (Å²) in [6, 6.07) is 13.6. The van der Waals surface area contributed by atoms with Crippen LogP contribution in [0.25, 0.3) is 10.1 Å². The number of halogens is 2. The molecule has 0 saturated heterocycles. The maximum absolute atomic E-state index is 14.9. The van der Waals surface area contributed by atoms with Crippen LogP contribution in [0.5, 0.6) is 5.75 Å². The van der Waals surface area contributed by atoms with E-state index in [2.05, 4.69) is 0 Å². The zero-order valence-electron chi connectivity index (χ0n) is 13.6. The predicted octanol–water partition coefficient (Wildman–Crippen LogP) is 5.06. The molecule has 0 aliphatic rings. The first-order valence-electron chi connectivity index (χ1n) is 7.72. The first-order chi connectivity index (χ1) is 11.5. The monoisotopic (exact) mass is 347 g/mol. The highest BCUT2D eigenvalue weighted by atomic mass is 32.1. The number of ether oxygens (including phenoxy) is 1. The Kier molecular flexibility index (Phi) is 5.11. The lowest BCUT2D eigenvalue weighted by molar-refractivity contribution is 0.0817. The summed E-state index contributed by atoms with van der Waals surface area (Å²) in [5.74, 6) is 0.219. The van der Waals surface area contributed by atoms with Crippen molar-refractivity contribution in [2.45, 2.75) is 12.3 Å². The molecule has 0 amide bonds. The minimum Gasteiger partial charge on any atom is -0.482 e. The summed E-state index contributed by atoms with van der Waals surface area (Å²) in [5, 5.41) is 2.92. The second kappa shape index (κ2) is 7.28. The molecule has 0 spiro atoms. The largest absolute Gasteiger partial charge is 0.482 e. The molecule has 3 aromatic rings. The number of hydrogen-bond acceptors (Lipinski definition) is 3. The van der Waals surface area contributed by atoms with Crippen molar-refractivity contribution in [3.05, 3.63) is 65.3 Å².